The molecule has 2 atom stereocenters. The first kappa shape index (κ1) is 35.7. The monoisotopic (exact) mass is 726 g/mol. The summed E-state index contributed by atoms with van der Waals surface area (Å²) >= 11 is 6.72. The van der Waals surface area contributed by atoms with Crippen LogP contribution in [0.5, 0.6) is 0 Å². The largest absolute Gasteiger partial charge is 0.481 e. The van der Waals surface area contributed by atoms with Crippen LogP contribution in [0.2, 0.25) is 5.02 Å². The number of ether oxygens (including phenoxy) is 2. The first-order valence-electron chi connectivity index (χ1n) is 16.0. The third kappa shape index (κ3) is 7.20. The van der Waals surface area contributed by atoms with Gasteiger partial charge in [0.05, 0.1) is 41.4 Å². The number of carboxylic acids is 1. The van der Waals surface area contributed by atoms with E-state index in [0.29, 0.717) is 78.7 Å². The summed E-state index contributed by atoms with van der Waals surface area (Å²) in [6.07, 6.45) is -8.61. The number of amides is 1. The minimum absolute atomic E-state index is 0.0248. The molecule has 6 rings (SSSR count). The van der Waals surface area contributed by atoms with Crippen LogP contribution in [0.3, 0.4) is 0 Å². The maximum atomic E-state index is 13.6. The quantitative estimate of drug-likeness (QED) is 0.232. The fourth-order valence-corrected chi connectivity index (χ4v) is 7.02. The van der Waals surface area contributed by atoms with Crippen molar-refractivity contribution in [1.82, 2.24) is 14.9 Å². The Morgan fingerprint density at radius 3 is 2.20 bits per heavy atom. The Hall–Kier alpha value is -4.11. The average molecular weight is 727 g/mol. The van der Waals surface area contributed by atoms with Crippen LogP contribution in [0, 0.1) is 5.92 Å². The van der Waals surface area contributed by atoms with E-state index in [2.05, 4.69) is 4.98 Å². The van der Waals surface area contributed by atoms with E-state index < -0.39 is 59.2 Å². The zero-order chi connectivity index (χ0) is 36.1. The summed E-state index contributed by atoms with van der Waals surface area (Å²) in [6.45, 7) is 2.26. The normalized spacial score (nSPS) is 23.2. The number of benzene rings is 2. The number of halogens is 7. The van der Waals surface area contributed by atoms with Gasteiger partial charge in [-0.2, -0.15) is 26.3 Å². The van der Waals surface area contributed by atoms with E-state index in [1.807, 2.05) is 17.0 Å². The lowest BCUT2D eigenvalue weighted by molar-refractivity contribution is -0.144. The van der Waals surface area contributed by atoms with Crippen molar-refractivity contribution < 1.29 is 50.5 Å². The third-order valence-electron chi connectivity index (χ3n) is 9.80. The van der Waals surface area contributed by atoms with Crippen molar-refractivity contribution in [2.45, 2.75) is 75.7 Å². The van der Waals surface area contributed by atoms with Gasteiger partial charge in [0.2, 0.25) is 5.95 Å². The molecule has 268 valence electrons. The highest BCUT2D eigenvalue weighted by atomic mass is 35.5. The van der Waals surface area contributed by atoms with Gasteiger partial charge in [0, 0.05) is 42.5 Å². The first-order chi connectivity index (χ1) is 23.5. The van der Waals surface area contributed by atoms with Gasteiger partial charge in [0.1, 0.15) is 6.10 Å². The number of cyclic esters (lactones) is 1. The number of hydrogen-bond acceptors (Lipinski definition) is 7. The number of carbonyl (C=O) groups is 2. The van der Waals surface area contributed by atoms with Gasteiger partial charge in [-0.1, -0.05) is 17.7 Å². The summed E-state index contributed by atoms with van der Waals surface area (Å²) in [5.74, 6) is -0.791. The molecule has 0 radical (unpaired) electrons. The fourth-order valence-electron chi connectivity index (χ4n) is 6.80. The molecule has 1 saturated carbocycles. The number of methoxy groups -OCH3 is 1. The van der Waals surface area contributed by atoms with Crippen molar-refractivity contribution in [3.8, 4) is 11.1 Å². The molecule has 2 aromatic carbocycles. The van der Waals surface area contributed by atoms with E-state index in [9.17, 15) is 41.0 Å². The van der Waals surface area contributed by atoms with Crippen LogP contribution in [0.15, 0.2) is 42.6 Å². The highest BCUT2D eigenvalue weighted by Crippen LogP contribution is 2.43. The molecule has 1 aliphatic carbocycles. The summed E-state index contributed by atoms with van der Waals surface area (Å²) in [5.41, 5.74) is -1.19. The number of rotatable bonds is 8. The molecule has 2 saturated heterocycles. The van der Waals surface area contributed by atoms with E-state index in [1.54, 1.807) is 19.4 Å². The second kappa shape index (κ2) is 13.5. The molecule has 1 N–H and O–H groups in total. The second-order valence-electron chi connectivity index (χ2n) is 12.9. The second-order valence-corrected chi connectivity index (χ2v) is 13.3. The van der Waals surface area contributed by atoms with Gasteiger partial charge in [0.15, 0.2) is 0 Å². The number of aliphatic carboxylic acids is 1. The maximum absolute atomic E-state index is 13.6. The summed E-state index contributed by atoms with van der Waals surface area (Å²) in [6, 6.07) is 5.64. The molecule has 2 aliphatic heterocycles. The molecule has 3 aliphatic rings. The van der Waals surface area contributed by atoms with Crippen molar-refractivity contribution >= 4 is 29.6 Å². The highest BCUT2D eigenvalue weighted by Gasteiger charge is 2.44. The van der Waals surface area contributed by atoms with Crippen molar-refractivity contribution in [3.63, 3.8) is 0 Å². The predicted octanol–water partition coefficient (Wildman–Crippen LogP) is 8.11. The number of alkyl halides is 6. The van der Waals surface area contributed by atoms with Crippen molar-refractivity contribution in [3.05, 3.63) is 75.6 Å². The Morgan fingerprint density at radius 1 is 0.980 bits per heavy atom. The van der Waals surface area contributed by atoms with Gasteiger partial charge >= 0.3 is 24.4 Å². The summed E-state index contributed by atoms with van der Waals surface area (Å²) in [4.78, 5) is 37.1. The molecule has 3 fully saturated rings. The van der Waals surface area contributed by atoms with Crippen molar-refractivity contribution in [2.24, 2.45) is 5.92 Å². The van der Waals surface area contributed by atoms with Crippen LogP contribution in [-0.2, 0) is 33.2 Å². The van der Waals surface area contributed by atoms with E-state index in [1.165, 1.54) is 11.8 Å². The lowest BCUT2D eigenvalue weighted by atomic mass is 9.78. The average Bonchev–Trinajstić information content (AvgIpc) is 3.32. The summed E-state index contributed by atoms with van der Waals surface area (Å²) < 4.78 is 92.6. The Bertz CT molecular complexity index is 1740. The molecule has 3 heterocycles. The first-order valence-corrected chi connectivity index (χ1v) is 16.3. The minimum atomic E-state index is -5.07. The lowest BCUT2D eigenvalue weighted by Gasteiger charge is -2.38. The van der Waals surface area contributed by atoms with Crippen LogP contribution in [-0.4, -0.2) is 64.4 Å². The molecule has 16 heteroatoms. The van der Waals surface area contributed by atoms with Gasteiger partial charge in [-0.25, -0.2) is 14.8 Å². The van der Waals surface area contributed by atoms with Gasteiger partial charge in [-0.3, -0.25) is 9.69 Å². The topological polar surface area (TPSA) is 105 Å². The number of hydrogen-bond donors (Lipinski definition) is 1. The molecule has 3 aromatic rings. The molecule has 1 aromatic heterocycles. The zero-order valence-corrected chi connectivity index (χ0v) is 27.6. The molecule has 1 amide bonds. The van der Waals surface area contributed by atoms with Gasteiger partial charge < -0.3 is 19.5 Å². The van der Waals surface area contributed by atoms with E-state index >= 15 is 0 Å². The standard InChI is InChI=1S/C34H33ClF6N4O5/c1-17-29(21-9-22(33(36,37)38)12-23(10-21)34(39,40)41)50-32(48)45(17)16-28-26(13-42-31(43-28)44-14-24(15-44)49-2)25-11-20(7-8-27(25)35)18-3-5-19(6-4-18)30(46)47/h7-13,17-19,24,29H,3-6,14-16H2,1-2H3,(H,46,47)/t17-,18-,19-,29-/m0/s1. The van der Waals surface area contributed by atoms with Crippen molar-refractivity contribution in [1.29, 1.82) is 0 Å². The molecular weight excluding hydrogens is 694 g/mol. The lowest BCUT2D eigenvalue weighted by Crippen LogP contribution is -2.52. The number of carbonyl (C=O) groups excluding carboxylic acids is 1. The number of carboxylic acid groups (broad SMARTS) is 1. The zero-order valence-electron chi connectivity index (χ0n) is 26.9. The van der Waals surface area contributed by atoms with Crippen LogP contribution >= 0.6 is 11.6 Å². The smallest absolute Gasteiger partial charge is 0.416 e. The van der Waals surface area contributed by atoms with E-state index in [-0.39, 0.29) is 24.6 Å². The van der Waals surface area contributed by atoms with Gasteiger partial charge in [-0.15, -0.1) is 0 Å². The maximum Gasteiger partial charge on any atom is 0.416 e. The Kier molecular flexibility index (Phi) is 9.68. The molecule has 0 unspecified atom stereocenters. The molecular formula is C34H33ClF6N4O5. The fraction of sp³-hybridized carbons (Fsp3) is 0.471. The Morgan fingerprint density at radius 2 is 1.62 bits per heavy atom. The summed E-state index contributed by atoms with van der Waals surface area (Å²) in [5, 5.41) is 9.78. The Labute approximate surface area is 288 Å². The number of aromatic nitrogens is 2. The molecule has 50 heavy (non-hydrogen) atoms. The van der Waals surface area contributed by atoms with Gasteiger partial charge in [0.25, 0.3) is 0 Å². The van der Waals surface area contributed by atoms with Crippen LogP contribution in [0.4, 0.5) is 37.1 Å². The van der Waals surface area contributed by atoms with Crippen LogP contribution in [0.1, 0.15) is 72.6 Å². The van der Waals surface area contributed by atoms with E-state index in [4.69, 9.17) is 26.1 Å². The van der Waals surface area contributed by atoms with E-state index in [0.717, 1.165) is 5.56 Å². The SMILES string of the molecule is COC1CN(c2ncc(-c3cc([C@H]4CC[C@H](C(=O)O)CC4)ccc3Cl)c(CN3C(=O)O[C@H](c4cc(C(F)(F)F)cc(C(F)(F)F)c4)[C@@H]3C)n2)C1. The summed E-state index contributed by atoms with van der Waals surface area (Å²) in [7, 11) is 1.58. The highest BCUT2D eigenvalue weighted by molar-refractivity contribution is 6.33. The number of nitrogens with zero attached hydrogens (tertiary/aromatic N) is 4. The molecule has 0 spiro atoms. The van der Waals surface area contributed by atoms with Crippen molar-refractivity contribution in [2.75, 3.05) is 25.1 Å². The predicted molar refractivity (Wildman–Crippen MR) is 168 cm³/mol. The van der Waals surface area contributed by atoms with Crippen LogP contribution in [0.25, 0.3) is 11.1 Å². The van der Waals surface area contributed by atoms with Gasteiger partial charge in [-0.05, 0) is 80.0 Å². The minimum Gasteiger partial charge on any atom is -0.481 e. The molecule has 9 nitrogen and oxygen atoms in total. The molecule has 0 bridgehead atoms. The Balaban J connectivity index is 1.34. The van der Waals surface area contributed by atoms with Crippen LogP contribution < -0.4 is 4.90 Å². The number of anilines is 1. The third-order valence-corrected chi connectivity index (χ3v) is 10.1.